The number of benzene rings is 3. The molecule has 0 saturated heterocycles. The van der Waals surface area contributed by atoms with Crippen molar-refractivity contribution >= 4 is 22.5 Å². The number of hydrogen-bond acceptors (Lipinski definition) is 5. The Bertz CT molecular complexity index is 1210. The highest BCUT2D eigenvalue weighted by Gasteiger charge is 2.16. The molecule has 0 atom stereocenters. The number of nitriles is 2. The fourth-order valence-corrected chi connectivity index (χ4v) is 3.72. The second-order valence-corrected chi connectivity index (χ2v) is 6.84. The molecule has 0 radical (unpaired) electrons. The largest absolute Gasteiger partial charge is 0.428 e. The Balaban J connectivity index is 1.66. The third-order valence-corrected chi connectivity index (χ3v) is 5.16. The monoisotopic (exact) mass is 367 g/mol. The van der Waals surface area contributed by atoms with Gasteiger partial charge in [-0.15, -0.1) is 0 Å². The van der Waals surface area contributed by atoms with Crippen LogP contribution in [0, 0.1) is 22.7 Å². The molecular formula is C22H13N3OS. The summed E-state index contributed by atoms with van der Waals surface area (Å²) in [6, 6.07) is 25.6. The van der Waals surface area contributed by atoms with E-state index in [0.29, 0.717) is 22.3 Å². The third kappa shape index (κ3) is 3.42. The van der Waals surface area contributed by atoms with E-state index in [2.05, 4.69) is 17.1 Å². The van der Waals surface area contributed by atoms with E-state index in [4.69, 9.17) is 9.68 Å². The number of fused-ring (bicyclic) bond motifs is 1. The number of nitrogens with zero attached hydrogens (tertiary/aromatic N) is 3. The van der Waals surface area contributed by atoms with Crippen LogP contribution in [0.4, 0.5) is 0 Å². The van der Waals surface area contributed by atoms with Gasteiger partial charge in [0.1, 0.15) is 6.07 Å². The van der Waals surface area contributed by atoms with E-state index in [1.807, 2.05) is 60.7 Å². The van der Waals surface area contributed by atoms with Gasteiger partial charge in [-0.05, 0) is 34.5 Å². The molecule has 4 aromatic rings. The van der Waals surface area contributed by atoms with Gasteiger partial charge in [-0.3, -0.25) is 0 Å². The van der Waals surface area contributed by atoms with Crippen molar-refractivity contribution in [2.75, 3.05) is 0 Å². The molecule has 128 valence electrons. The molecule has 5 heteroatoms. The average Bonchev–Trinajstić information content (AvgIpc) is 3.15. The highest BCUT2D eigenvalue weighted by Crippen LogP contribution is 2.34. The zero-order chi connectivity index (χ0) is 18.6. The van der Waals surface area contributed by atoms with Crippen LogP contribution in [0.25, 0.3) is 22.2 Å². The molecule has 1 aromatic heterocycles. The molecule has 0 bridgehead atoms. The van der Waals surface area contributed by atoms with Gasteiger partial charge in [0, 0.05) is 11.3 Å². The van der Waals surface area contributed by atoms with Gasteiger partial charge < -0.3 is 4.42 Å². The number of oxazole rings is 1. The number of aromatic nitrogens is 1. The van der Waals surface area contributed by atoms with Gasteiger partial charge >= 0.3 is 0 Å². The molecule has 0 amide bonds. The molecule has 0 N–H and O–H groups in total. The van der Waals surface area contributed by atoms with Crippen LogP contribution < -0.4 is 0 Å². The number of thioether (sulfide) groups is 1. The number of hydrogen-bond donors (Lipinski definition) is 0. The Morgan fingerprint density at radius 3 is 2.59 bits per heavy atom. The van der Waals surface area contributed by atoms with Gasteiger partial charge in [-0.2, -0.15) is 15.5 Å². The summed E-state index contributed by atoms with van der Waals surface area (Å²) in [5.41, 5.74) is 2.75. The predicted molar refractivity (Wildman–Crippen MR) is 105 cm³/mol. The van der Waals surface area contributed by atoms with Gasteiger partial charge in [0.05, 0.1) is 11.6 Å². The first-order valence-corrected chi connectivity index (χ1v) is 9.28. The Kier molecular flexibility index (Phi) is 4.61. The van der Waals surface area contributed by atoms with Crippen LogP contribution in [0.1, 0.15) is 16.8 Å². The molecule has 0 aliphatic heterocycles. The summed E-state index contributed by atoms with van der Waals surface area (Å²) in [7, 11) is 0. The first-order chi connectivity index (χ1) is 13.3. The fraction of sp³-hybridized carbons (Fsp3) is 0.0455. The first-order valence-electron chi connectivity index (χ1n) is 8.29. The SMILES string of the molecule is N#Cc1cccc(CSc2oc(-c3cccc4ccccc34)nc2C#N)c1. The predicted octanol–water partition coefficient (Wildman–Crippen LogP) is 5.53. The lowest BCUT2D eigenvalue weighted by molar-refractivity contribution is 0.483. The van der Waals surface area contributed by atoms with Crippen molar-refractivity contribution in [1.29, 1.82) is 10.5 Å². The summed E-state index contributed by atoms with van der Waals surface area (Å²) in [6.45, 7) is 0. The van der Waals surface area contributed by atoms with Crippen molar-refractivity contribution in [1.82, 2.24) is 4.98 Å². The second kappa shape index (κ2) is 7.37. The number of rotatable bonds is 4. The minimum absolute atomic E-state index is 0.277. The topological polar surface area (TPSA) is 73.6 Å². The lowest BCUT2D eigenvalue weighted by Gasteiger charge is -2.02. The minimum Gasteiger partial charge on any atom is -0.428 e. The van der Waals surface area contributed by atoms with Crippen LogP contribution in [0.2, 0.25) is 0 Å². The molecule has 0 fully saturated rings. The summed E-state index contributed by atoms with van der Waals surface area (Å²) in [6.07, 6.45) is 0. The maximum absolute atomic E-state index is 9.44. The molecule has 1 heterocycles. The van der Waals surface area contributed by atoms with E-state index in [-0.39, 0.29) is 5.69 Å². The van der Waals surface area contributed by atoms with Crippen LogP contribution >= 0.6 is 11.8 Å². The highest BCUT2D eigenvalue weighted by atomic mass is 32.2. The van der Waals surface area contributed by atoms with Gasteiger partial charge in [-0.1, -0.05) is 60.3 Å². The van der Waals surface area contributed by atoms with Crippen LogP contribution in [0.5, 0.6) is 0 Å². The maximum atomic E-state index is 9.44. The average molecular weight is 367 g/mol. The van der Waals surface area contributed by atoms with Crippen LogP contribution in [-0.4, -0.2) is 4.98 Å². The standard InChI is InChI=1S/C22H13N3OS/c23-12-15-5-3-6-16(11-15)14-27-22-20(13-24)25-21(26-22)19-10-4-8-17-7-1-2-9-18(17)19/h1-11H,14H2. The maximum Gasteiger partial charge on any atom is 0.229 e. The molecule has 3 aromatic carbocycles. The summed E-state index contributed by atoms with van der Waals surface area (Å²) in [5, 5.41) is 21.1. The molecular weight excluding hydrogens is 354 g/mol. The van der Waals surface area contributed by atoms with Crippen LogP contribution in [0.3, 0.4) is 0 Å². The van der Waals surface area contributed by atoms with E-state index in [9.17, 15) is 5.26 Å². The Hall–Kier alpha value is -3.54. The second-order valence-electron chi connectivity index (χ2n) is 5.89. The molecule has 0 spiro atoms. The zero-order valence-electron chi connectivity index (χ0n) is 14.2. The molecule has 4 nitrogen and oxygen atoms in total. The van der Waals surface area contributed by atoms with E-state index < -0.39 is 0 Å². The van der Waals surface area contributed by atoms with Crippen molar-refractivity contribution < 1.29 is 4.42 Å². The van der Waals surface area contributed by atoms with E-state index >= 15 is 0 Å². The smallest absolute Gasteiger partial charge is 0.229 e. The van der Waals surface area contributed by atoms with E-state index in [1.165, 1.54) is 11.8 Å². The molecule has 4 rings (SSSR count). The van der Waals surface area contributed by atoms with E-state index in [0.717, 1.165) is 21.9 Å². The van der Waals surface area contributed by atoms with Crippen molar-refractivity contribution in [2.45, 2.75) is 10.8 Å². The minimum atomic E-state index is 0.277. The van der Waals surface area contributed by atoms with Crippen molar-refractivity contribution in [3.63, 3.8) is 0 Å². The van der Waals surface area contributed by atoms with Crippen molar-refractivity contribution in [3.8, 4) is 23.6 Å². The summed E-state index contributed by atoms with van der Waals surface area (Å²) in [5.74, 6) is 1.03. The molecule has 0 saturated carbocycles. The summed E-state index contributed by atoms with van der Waals surface area (Å²) in [4.78, 5) is 4.39. The van der Waals surface area contributed by atoms with Gasteiger partial charge in [0.2, 0.25) is 5.89 Å². The highest BCUT2D eigenvalue weighted by molar-refractivity contribution is 7.98. The summed E-state index contributed by atoms with van der Waals surface area (Å²) >= 11 is 1.40. The molecule has 0 unspecified atom stereocenters. The third-order valence-electron chi connectivity index (χ3n) is 4.15. The fourth-order valence-electron chi connectivity index (χ4n) is 2.88. The van der Waals surface area contributed by atoms with Gasteiger partial charge in [-0.25, -0.2) is 0 Å². The van der Waals surface area contributed by atoms with Crippen LogP contribution in [-0.2, 0) is 5.75 Å². The van der Waals surface area contributed by atoms with Gasteiger partial charge in [0.25, 0.3) is 0 Å². The molecule has 0 aliphatic carbocycles. The van der Waals surface area contributed by atoms with E-state index in [1.54, 1.807) is 6.07 Å². The molecule has 0 aliphatic rings. The van der Waals surface area contributed by atoms with Crippen LogP contribution in [0.15, 0.2) is 76.2 Å². The lowest BCUT2D eigenvalue weighted by atomic mass is 10.0. The zero-order valence-corrected chi connectivity index (χ0v) is 15.0. The Morgan fingerprint density at radius 2 is 1.74 bits per heavy atom. The first kappa shape index (κ1) is 16.9. The Morgan fingerprint density at radius 1 is 0.926 bits per heavy atom. The summed E-state index contributed by atoms with van der Waals surface area (Å²) < 4.78 is 5.94. The Labute approximate surface area is 160 Å². The quantitative estimate of drug-likeness (QED) is 0.443. The lowest BCUT2D eigenvalue weighted by Crippen LogP contribution is -1.83. The normalized spacial score (nSPS) is 10.4. The van der Waals surface area contributed by atoms with Crippen molar-refractivity contribution in [3.05, 3.63) is 83.6 Å². The van der Waals surface area contributed by atoms with Gasteiger partial charge in [0.15, 0.2) is 10.8 Å². The van der Waals surface area contributed by atoms with Crippen molar-refractivity contribution in [2.24, 2.45) is 0 Å². The molecule has 27 heavy (non-hydrogen) atoms.